The standard InChI is InChI=1S/C13H16N2O6/c1-20-8-3-4-9(10(5-8)21-2)13(19)15-6-11(16)14-7-12(17)18/h3-5H,6-7H2,1-2H3,(H,14,16)(H,15,19)(H,17,18). The molecule has 0 aliphatic carbocycles. The van der Waals surface area contributed by atoms with Gasteiger partial charge < -0.3 is 25.2 Å². The van der Waals surface area contributed by atoms with Gasteiger partial charge in [-0.2, -0.15) is 0 Å². The Morgan fingerprint density at radius 1 is 1.10 bits per heavy atom. The molecule has 0 aliphatic rings. The average molecular weight is 296 g/mol. The van der Waals surface area contributed by atoms with Crippen molar-refractivity contribution in [3.8, 4) is 11.5 Å². The van der Waals surface area contributed by atoms with Crippen molar-refractivity contribution in [1.29, 1.82) is 0 Å². The van der Waals surface area contributed by atoms with E-state index in [1.807, 2.05) is 0 Å². The monoisotopic (exact) mass is 296 g/mol. The third-order valence-corrected chi connectivity index (χ3v) is 2.50. The minimum atomic E-state index is -1.16. The van der Waals surface area contributed by atoms with Crippen LogP contribution in [0.2, 0.25) is 0 Å². The molecule has 0 radical (unpaired) electrons. The number of benzene rings is 1. The molecule has 8 heteroatoms. The molecule has 1 rings (SSSR count). The van der Waals surface area contributed by atoms with Gasteiger partial charge in [-0.25, -0.2) is 0 Å². The minimum absolute atomic E-state index is 0.240. The summed E-state index contributed by atoms with van der Waals surface area (Å²) in [4.78, 5) is 33.5. The highest BCUT2D eigenvalue weighted by atomic mass is 16.5. The van der Waals surface area contributed by atoms with Gasteiger partial charge in [0, 0.05) is 6.07 Å². The maximum absolute atomic E-state index is 11.9. The van der Waals surface area contributed by atoms with Crippen LogP contribution in [0.15, 0.2) is 18.2 Å². The van der Waals surface area contributed by atoms with E-state index in [1.165, 1.54) is 20.3 Å². The lowest BCUT2D eigenvalue weighted by Crippen LogP contribution is -2.39. The molecule has 114 valence electrons. The lowest BCUT2D eigenvalue weighted by atomic mass is 10.1. The fraction of sp³-hybridized carbons (Fsp3) is 0.308. The molecule has 0 bridgehead atoms. The Balaban J connectivity index is 2.63. The van der Waals surface area contributed by atoms with Crippen LogP contribution in [-0.4, -0.2) is 50.2 Å². The number of carbonyl (C=O) groups excluding carboxylic acids is 2. The first kappa shape index (κ1) is 16.3. The Bertz CT molecular complexity index is 543. The van der Waals surface area contributed by atoms with E-state index in [2.05, 4.69) is 10.6 Å². The van der Waals surface area contributed by atoms with E-state index >= 15 is 0 Å². The molecular formula is C13H16N2O6. The third-order valence-electron chi connectivity index (χ3n) is 2.50. The largest absolute Gasteiger partial charge is 0.497 e. The Kier molecular flexibility index (Phi) is 5.99. The molecule has 8 nitrogen and oxygen atoms in total. The van der Waals surface area contributed by atoms with Gasteiger partial charge in [0.15, 0.2) is 0 Å². The van der Waals surface area contributed by atoms with Crippen molar-refractivity contribution in [1.82, 2.24) is 10.6 Å². The van der Waals surface area contributed by atoms with Crippen LogP contribution in [0.1, 0.15) is 10.4 Å². The lowest BCUT2D eigenvalue weighted by Gasteiger charge is -2.10. The topological polar surface area (TPSA) is 114 Å². The van der Waals surface area contributed by atoms with Crippen LogP contribution < -0.4 is 20.1 Å². The van der Waals surface area contributed by atoms with Crippen molar-refractivity contribution in [3.05, 3.63) is 23.8 Å². The second kappa shape index (κ2) is 7.73. The fourth-order valence-electron chi connectivity index (χ4n) is 1.48. The summed E-state index contributed by atoms with van der Waals surface area (Å²) in [7, 11) is 2.90. The number of carboxylic acid groups (broad SMARTS) is 1. The van der Waals surface area contributed by atoms with Crippen molar-refractivity contribution in [3.63, 3.8) is 0 Å². The van der Waals surface area contributed by atoms with Crippen LogP contribution in [0.25, 0.3) is 0 Å². The first-order valence-corrected chi connectivity index (χ1v) is 5.96. The average Bonchev–Trinajstić information content (AvgIpc) is 2.49. The summed E-state index contributed by atoms with van der Waals surface area (Å²) in [6, 6.07) is 4.63. The van der Waals surface area contributed by atoms with E-state index in [1.54, 1.807) is 12.1 Å². The molecule has 0 fully saturated rings. The molecule has 0 saturated carbocycles. The molecular weight excluding hydrogens is 280 g/mol. The van der Waals surface area contributed by atoms with Gasteiger partial charge in [-0.05, 0) is 12.1 Å². The second-order valence-corrected chi connectivity index (χ2v) is 3.92. The Hall–Kier alpha value is -2.77. The summed E-state index contributed by atoms with van der Waals surface area (Å²) in [6.45, 7) is -0.831. The number of hydrogen-bond donors (Lipinski definition) is 3. The zero-order valence-corrected chi connectivity index (χ0v) is 11.6. The predicted molar refractivity (Wildman–Crippen MR) is 72.5 cm³/mol. The summed E-state index contributed by atoms with van der Waals surface area (Å²) in [5.74, 6) is -1.44. The number of rotatable bonds is 7. The first-order chi connectivity index (χ1) is 9.97. The van der Waals surface area contributed by atoms with Crippen LogP contribution in [0.4, 0.5) is 0 Å². The van der Waals surface area contributed by atoms with Gasteiger partial charge in [-0.15, -0.1) is 0 Å². The van der Waals surface area contributed by atoms with Crippen LogP contribution in [-0.2, 0) is 9.59 Å². The first-order valence-electron chi connectivity index (χ1n) is 5.96. The molecule has 0 unspecified atom stereocenters. The molecule has 1 aromatic carbocycles. The van der Waals surface area contributed by atoms with E-state index in [4.69, 9.17) is 14.6 Å². The van der Waals surface area contributed by atoms with E-state index in [0.717, 1.165) is 0 Å². The SMILES string of the molecule is COc1ccc(C(=O)NCC(=O)NCC(=O)O)c(OC)c1. The van der Waals surface area contributed by atoms with Crippen molar-refractivity contribution < 1.29 is 29.0 Å². The predicted octanol–water partition coefficient (Wildman–Crippen LogP) is -0.366. The van der Waals surface area contributed by atoms with Crippen LogP contribution in [0, 0.1) is 0 Å². The highest BCUT2D eigenvalue weighted by Gasteiger charge is 2.14. The molecule has 0 atom stereocenters. The van der Waals surface area contributed by atoms with Gasteiger partial charge in [0.2, 0.25) is 5.91 Å². The van der Waals surface area contributed by atoms with Crippen LogP contribution >= 0.6 is 0 Å². The second-order valence-electron chi connectivity index (χ2n) is 3.92. The summed E-state index contributed by atoms with van der Waals surface area (Å²) in [5.41, 5.74) is 0.240. The fourth-order valence-corrected chi connectivity index (χ4v) is 1.48. The molecule has 2 amide bonds. The van der Waals surface area contributed by atoms with E-state index in [9.17, 15) is 14.4 Å². The maximum atomic E-state index is 11.9. The summed E-state index contributed by atoms with van der Waals surface area (Å²) < 4.78 is 10.1. The van der Waals surface area contributed by atoms with Gasteiger partial charge in [0.1, 0.15) is 18.0 Å². The number of nitrogens with one attached hydrogen (secondary N) is 2. The van der Waals surface area contributed by atoms with E-state index in [0.29, 0.717) is 11.5 Å². The zero-order valence-electron chi connectivity index (χ0n) is 11.6. The van der Waals surface area contributed by atoms with E-state index in [-0.39, 0.29) is 12.1 Å². The summed E-state index contributed by atoms with van der Waals surface area (Å²) in [6.07, 6.45) is 0. The zero-order chi connectivity index (χ0) is 15.8. The summed E-state index contributed by atoms with van der Waals surface area (Å²) in [5, 5.41) is 12.9. The summed E-state index contributed by atoms with van der Waals surface area (Å²) >= 11 is 0. The van der Waals surface area contributed by atoms with Gasteiger partial charge in [0.25, 0.3) is 5.91 Å². The van der Waals surface area contributed by atoms with Crippen LogP contribution in [0.5, 0.6) is 11.5 Å². The van der Waals surface area contributed by atoms with E-state index < -0.39 is 24.3 Å². The number of ether oxygens (including phenoxy) is 2. The van der Waals surface area contributed by atoms with Crippen molar-refractivity contribution in [2.45, 2.75) is 0 Å². The highest BCUT2D eigenvalue weighted by molar-refractivity contribution is 5.99. The molecule has 3 N–H and O–H groups in total. The number of aliphatic carboxylic acids is 1. The number of hydrogen-bond acceptors (Lipinski definition) is 5. The molecule has 0 saturated heterocycles. The Labute approximate surface area is 121 Å². The Morgan fingerprint density at radius 2 is 1.81 bits per heavy atom. The molecule has 0 aromatic heterocycles. The smallest absolute Gasteiger partial charge is 0.322 e. The van der Waals surface area contributed by atoms with Gasteiger partial charge in [0.05, 0.1) is 26.3 Å². The van der Waals surface area contributed by atoms with Gasteiger partial charge >= 0.3 is 5.97 Å². The Morgan fingerprint density at radius 3 is 2.38 bits per heavy atom. The normalized spacial score (nSPS) is 9.62. The van der Waals surface area contributed by atoms with Gasteiger partial charge in [-0.3, -0.25) is 14.4 Å². The highest BCUT2D eigenvalue weighted by Crippen LogP contribution is 2.24. The third kappa shape index (κ3) is 5.01. The van der Waals surface area contributed by atoms with Crippen molar-refractivity contribution in [2.75, 3.05) is 27.3 Å². The van der Waals surface area contributed by atoms with Crippen LogP contribution in [0.3, 0.4) is 0 Å². The minimum Gasteiger partial charge on any atom is -0.497 e. The van der Waals surface area contributed by atoms with Crippen molar-refractivity contribution in [2.24, 2.45) is 0 Å². The quantitative estimate of drug-likeness (QED) is 0.633. The number of carbonyl (C=O) groups is 3. The molecule has 1 aromatic rings. The number of amides is 2. The molecule has 0 spiro atoms. The lowest BCUT2D eigenvalue weighted by molar-refractivity contribution is -0.137. The maximum Gasteiger partial charge on any atom is 0.322 e. The number of carboxylic acids is 1. The van der Waals surface area contributed by atoms with Crippen molar-refractivity contribution >= 4 is 17.8 Å². The van der Waals surface area contributed by atoms with Gasteiger partial charge in [-0.1, -0.05) is 0 Å². The molecule has 0 heterocycles. The molecule has 21 heavy (non-hydrogen) atoms. The molecule has 0 aliphatic heterocycles. The number of methoxy groups -OCH3 is 2.